The number of nitrogens with zero attached hydrogens (tertiary/aromatic N) is 3. The van der Waals surface area contributed by atoms with E-state index >= 15 is 0 Å². The van der Waals surface area contributed by atoms with Crippen LogP contribution < -0.4 is 14.6 Å². The lowest BCUT2D eigenvalue weighted by Gasteiger charge is -2.23. The molecule has 12 heteroatoms. The van der Waals surface area contributed by atoms with Gasteiger partial charge in [-0.3, -0.25) is 4.79 Å². The Labute approximate surface area is 247 Å². The number of quaternary nitrogens is 1. The van der Waals surface area contributed by atoms with Gasteiger partial charge in [0, 0.05) is 54.7 Å². The van der Waals surface area contributed by atoms with Crippen LogP contribution in [0.1, 0.15) is 50.9 Å². The highest BCUT2D eigenvalue weighted by Crippen LogP contribution is 2.26. The van der Waals surface area contributed by atoms with E-state index in [9.17, 15) is 27.7 Å². The van der Waals surface area contributed by atoms with E-state index in [1.54, 1.807) is 50.1 Å². The number of anilines is 1. The van der Waals surface area contributed by atoms with E-state index in [2.05, 4.69) is 18.7 Å². The van der Waals surface area contributed by atoms with Crippen LogP contribution in [0, 0.1) is 0 Å². The summed E-state index contributed by atoms with van der Waals surface area (Å²) in [5.74, 6) is -1.29. The van der Waals surface area contributed by atoms with E-state index in [1.807, 2.05) is 24.3 Å². The van der Waals surface area contributed by atoms with Crippen LogP contribution in [0.15, 0.2) is 52.0 Å². The van der Waals surface area contributed by atoms with Crippen molar-refractivity contribution in [1.82, 2.24) is 0 Å². The zero-order valence-corrected chi connectivity index (χ0v) is 25.7. The van der Waals surface area contributed by atoms with Crippen molar-refractivity contribution in [2.75, 3.05) is 45.7 Å². The number of likely N-dealkylation sites (N-methyl/N-ethyl adjacent to an activating group) is 1. The number of pyridine rings is 1. The molecule has 2 aromatic heterocycles. The van der Waals surface area contributed by atoms with E-state index < -0.39 is 22.1 Å². The number of hydrogen-bond acceptors (Lipinski definition) is 8. The SMILES string of the molecule is CCN(CC)c1ccc2cc(/C=C/c3cc[n+](CCCCCC(=O)O)cc3S(=O)(=O)[O-])oc2c1.C[N+](C)(C)CC(=O)[O-]. The molecule has 0 radical (unpaired) electrons. The van der Waals surface area contributed by atoms with Crippen molar-refractivity contribution in [2.45, 2.75) is 51.0 Å². The number of carbonyl (C=O) groups excluding carboxylic acids is 1. The number of aryl methyl sites for hydroxylation is 1. The van der Waals surface area contributed by atoms with Gasteiger partial charge in [-0.05, 0) is 57.0 Å². The standard InChI is InChI=1S/C25H30N2O6S.C5H11NO2/c1-3-27(4-2)21-11-9-20-16-22(33-23(20)17-21)12-10-19-13-15-26(18-24(19)34(30,31)32)14-7-5-6-8-25(28)29;1-6(2,3)4-5(7)8/h9-13,15-18H,3-8,14H2,1-2H3,(H-,28,29,30,31,32);4H2,1-3H3. The fraction of sp³-hybridized carbons (Fsp3) is 0.433. The number of benzene rings is 1. The number of aliphatic carboxylic acids is 2. The predicted octanol–water partition coefficient (Wildman–Crippen LogP) is 2.73. The monoisotopic (exact) mass is 603 g/mol. The van der Waals surface area contributed by atoms with Crippen molar-refractivity contribution < 1.29 is 46.2 Å². The highest BCUT2D eigenvalue weighted by molar-refractivity contribution is 7.85. The number of unbranched alkanes of at least 4 members (excludes halogenated alkanes) is 2. The maximum absolute atomic E-state index is 11.9. The van der Waals surface area contributed by atoms with Crippen LogP contribution in [0.5, 0.6) is 0 Å². The molecule has 42 heavy (non-hydrogen) atoms. The molecular weight excluding hydrogens is 562 g/mol. The van der Waals surface area contributed by atoms with Crippen LogP contribution in [0.4, 0.5) is 5.69 Å². The molecule has 0 amide bonds. The zero-order chi connectivity index (χ0) is 31.5. The molecule has 1 N–H and O–H groups in total. The maximum Gasteiger partial charge on any atom is 0.303 e. The average Bonchev–Trinajstić information content (AvgIpc) is 3.29. The van der Waals surface area contributed by atoms with Gasteiger partial charge in [-0.15, -0.1) is 0 Å². The Hall–Kier alpha value is -3.74. The Kier molecular flexibility index (Phi) is 12.7. The predicted molar refractivity (Wildman–Crippen MR) is 157 cm³/mol. The number of carboxylic acids is 2. The molecule has 2 heterocycles. The van der Waals surface area contributed by atoms with Gasteiger partial charge < -0.3 is 33.4 Å². The van der Waals surface area contributed by atoms with E-state index in [0.717, 1.165) is 29.7 Å². The van der Waals surface area contributed by atoms with Crippen LogP contribution >= 0.6 is 0 Å². The molecule has 0 unspecified atom stereocenters. The quantitative estimate of drug-likeness (QED) is 0.127. The summed E-state index contributed by atoms with van der Waals surface area (Å²) >= 11 is 0. The summed E-state index contributed by atoms with van der Waals surface area (Å²) < 4.78 is 43.6. The molecule has 0 atom stereocenters. The van der Waals surface area contributed by atoms with Crippen molar-refractivity contribution in [2.24, 2.45) is 0 Å². The minimum absolute atomic E-state index is 0.0694. The Morgan fingerprint density at radius 2 is 1.74 bits per heavy atom. The third-order valence-corrected chi connectivity index (χ3v) is 7.15. The normalized spacial score (nSPS) is 11.9. The van der Waals surface area contributed by atoms with Gasteiger partial charge in [-0.25, -0.2) is 13.0 Å². The number of rotatable bonds is 14. The van der Waals surface area contributed by atoms with E-state index in [-0.39, 0.29) is 23.4 Å². The summed E-state index contributed by atoms with van der Waals surface area (Å²) in [6, 6.07) is 9.45. The number of furan rings is 1. The van der Waals surface area contributed by atoms with Crippen LogP contribution in [0.25, 0.3) is 23.1 Å². The molecule has 0 aliphatic carbocycles. The van der Waals surface area contributed by atoms with Gasteiger partial charge in [0.25, 0.3) is 0 Å². The molecule has 0 saturated carbocycles. The van der Waals surface area contributed by atoms with Crippen LogP contribution in [-0.2, 0) is 26.3 Å². The van der Waals surface area contributed by atoms with Crippen molar-refractivity contribution >= 4 is 50.9 Å². The number of fused-ring (bicyclic) bond motifs is 1. The lowest BCUT2D eigenvalue weighted by molar-refractivity contribution is -0.864. The summed E-state index contributed by atoms with van der Waals surface area (Å²) in [5.41, 5.74) is 2.08. The second-order valence-corrected chi connectivity index (χ2v) is 12.2. The first-order valence-electron chi connectivity index (χ1n) is 13.8. The molecular formula is C30H41N3O8S. The van der Waals surface area contributed by atoms with Crippen molar-refractivity contribution in [3.05, 3.63) is 54.0 Å². The Bertz CT molecular complexity index is 1490. The van der Waals surface area contributed by atoms with Crippen LogP contribution in [0.3, 0.4) is 0 Å². The summed E-state index contributed by atoms with van der Waals surface area (Å²) in [5, 5.41) is 19.5. The Morgan fingerprint density at radius 1 is 1.05 bits per heavy atom. The number of hydrogen-bond donors (Lipinski definition) is 1. The molecule has 3 rings (SSSR count). The van der Waals surface area contributed by atoms with E-state index in [0.29, 0.717) is 36.1 Å². The third-order valence-electron chi connectivity index (χ3n) is 6.27. The second-order valence-electron chi connectivity index (χ2n) is 10.9. The van der Waals surface area contributed by atoms with Gasteiger partial charge in [0.15, 0.2) is 12.4 Å². The molecule has 0 fully saturated rings. The highest BCUT2D eigenvalue weighted by Gasteiger charge is 2.14. The maximum atomic E-state index is 11.9. The number of aromatic nitrogens is 1. The van der Waals surface area contributed by atoms with Crippen LogP contribution in [0.2, 0.25) is 0 Å². The first kappa shape index (κ1) is 34.5. The lowest BCUT2D eigenvalue weighted by Crippen LogP contribution is -2.45. The van der Waals surface area contributed by atoms with Gasteiger partial charge >= 0.3 is 5.97 Å². The third kappa shape index (κ3) is 11.6. The molecule has 3 aromatic rings. The van der Waals surface area contributed by atoms with Gasteiger partial charge in [0.2, 0.25) is 0 Å². The largest absolute Gasteiger partial charge is 0.744 e. The van der Waals surface area contributed by atoms with Gasteiger partial charge in [0.05, 0.1) is 27.1 Å². The van der Waals surface area contributed by atoms with Gasteiger partial charge in [-0.1, -0.05) is 0 Å². The van der Waals surface area contributed by atoms with E-state index in [1.165, 1.54) is 6.20 Å². The van der Waals surface area contributed by atoms with Crippen molar-refractivity contribution in [3.63, 3.8) is 0 Å². The topological polar surface area (TPSA) is 155 Å². The summed E-state index contributed by atoms with van der Waals surface area (Å²) in [6.07, 6.45) is 8.28. The fourth-order valence-electron chi connectivity index (χ4n) is 4.23. The minimum Gasteiger partial charge on any atom is -0.744 e. The number of carbonyl (C=O) groups is 2. The fourth-order valence-corrected chi connectivity index (χ4v) is 4.92. The molecule has 0 bridgehead atoms. The zero-order valence-electron chi connectivity index (χ0n) is 24.9. The van der Waals surface area contributed by atoms with Crippen LogP contribution in [-0.4, -0.2) is 75.3 Å². The highest BCUT2D eigenvalue weighted by atomic mass is 32.2. The molecule has 230 valence electrons. The molecule has 0 spiro atoms. The van der Waals surface area contributed by atoms with Crippen molar-refractivity contribution in [1.29, 1.82) is 0 Å². The Balaban J connectivity index is 0.000000675. The molecule has 0 saturated heterocycles. The molecule has 0 aliphatic heterocycles. The molecule has 1 aromatic carbocycles. The summed E-state index contributed by atoms with van der Waals surface area (Å²) in [4.78, 5) is 22.4. The minimum atomic E-state index is -4.69. The average molecular weight is 604 g/mol. The van der Waals surface area contributed by atoms with E-state index in [4.69, 9.17) is 9.52 Å². The van der Waals surface area contributed by atoms with Gasteiger partial charge in [-0.2, -0.15) is 0 Å². The summed E-state index contributed by atoms with van der Waals surface area (Å²) in [6.45, 7) is 6.52. The smallest absolute Gasteiger partial charge is 0.303 e. The van der Waals surface area contributed by atoms with Gasteiger partial charge in [0.1, 0.15) is 39.4 Å². The second kappa shape index (κ2) is 15.5. The first-order chi connectivity index (χ1) is 19.6. The number of carboxylic acid groups (broad SMARTS) is 2. The summed E-state index contributed by atoms with van der Waals surface area (Å²) in [7, 11) is 0.716. The van der Waals surface area contributed by atoms with Crippen molar-refractivity contribution in [3.8, 4) is 0 Å². The Morgan fingerprint density at radius 3 is 2.29 bits per heavy atom. The molecule has 0 aliphatic rings. The first-order valence-corrected chi connectivity index (χ1v) is 15.2. The lowest BCUT2D eigenvalue weighted by atomic mass is 10.2. The molecule has 11 nitrogen and oxygen atoms in total.